The molecule has 0 saturated carbocycles. The lowest BCUT2D eigenvalue weighted by molar-refractivity contribution is -0.251. The summed E-state index contributed by atoms with van der Waals surface area (Å²) in [7, 11) is 13.2. The van der Waals surface area contributed by atoms with E-state index in [0.717, 1.165) is 83.6 Å². The third kappa shape index (κ3) is 12.6. The van der Waals surface area contributed by atoms with Gasteiger partial charge in [0.15, 0.2) is 0 Å². The molecule has 7 heterocycles. The quantitative estimate of drug-likeness (QED) is 0.165. The Labute approximate surface area is 376 Å². The van der Waals surface area contributed by atoms with E-state index < -0.39 is 15.1 Å². The summed E-state index contributed by atoms with van der Waals surface area (Å²) >= 11 is 0. The minimum absolute atomic E-state index is 0.0326. The molecule has 60 heavy (non-hydrogen) atoms. The number of hydrogen-bond donors (Lipinski definition) is 0. The first-order valence-electron chi connectivity index (χ1n) is 22.5. The number of rotatable bonds is 9. The Morgan fingerprint density at radius 1 is 0.733 bits per heavy atom. The van der Waals surface area contributed by atoms with Crippen molar-refractivity contribution in [2.24, 2.45) is 23.7 Å². The minimum Gasteiger partial charge on any atom is -0.374 e. The zero-order chi connectivity index (χ0) is 42.8. The maximum absolute atomic E-state index is 14.3. The average molecular weight is 983 g/mol. The Balaban J connectivity index is 1.14. The molecule has 7 rings (SSSR count). The van der Waals surface area contributed by atoms with E-state index in [1.54, 1.807) is 0 Å². The van der Waals surface area contributed by atoms with E-state index in [2.05, 4.69) is 85.2 Å². The zero-order valence-corrected chi connectivity index (χ0v) is 44.6. The lowest BCUT2D eigenvalue weighted by atomic mass is 9.78. The van der Waals surface area contributed by atoms with E-state index in [4.69, 9.17) is 37.5 Å². The van der Waals surface area contributed by atoms with Crippen molar-refractivity contribution in [2.75, 3.05) is 6.16 Å². The molecule has 24 atom stereocenters. The number of fused-ring (bicyclic) bond motifs is 7. The maximum atomic E-state index is 14.3. The first-order chi connectivity index (χ1) is 28.7. The van der Waals surface area contributed by atoms with Gasteiger partial charge in [-0.05, 0) is 112 Å². The number of hydrogen-bond acceptors (Lipinski definition) is 9. The second kappa shape index (κ2) is 22.9. The number of Topliss-reactive ketones (excluding diaryl/α,β-unsaturated/α-hetero) is 1. The van der Waals surface area contributed by atoms with Gasteiger partial charge >= 0.3 is 0 Å². The van der Waals surface area contributed by atoms with Crippen molar-refractivity contribution in [3.63, 3.8) is 0 Å². The highest BCUT2D eigenvalue weighted by Crippen LogP contribution is 2.60. The van der Waals surface area contributed by atoms with Crippen molar-refractivity contribution in [1.29, 1.82) is 0 Å². The lowest BCUT2D eigenvalue weighted by Crippen LogP contribution is -2.61. The van der Waals surface area contributed by atoms with Gasteiger partial charge in [-0.2, -0.15) is 0 Å². The van der Waals surface area contributed by atoms with E-state index in [1.165, 1.54) is 18.2 Å². The van der Waals surface area contributed by atoms with Crippen LogP contribution in [0.2, 0.25) is 0 Å². The Kier molecular flexibility index (Phi) is 19.0. The molecular formula is C43H74O9P8. The van der Waals surface area contributed by atoms with Crippen LogP contribution in [0.15, 0.2) is 36.5 Å². The van der Waals surface area contributed by atoms with E-state index in [0.29, 0.717) is 31.1 Å². The summed E-state index contributed by atoms with van der Waals surface area (Å²) in [5.74, 6) is 1.51. The molecule has 0 aromatic carbocycles. The number of carbonyl (C=O) groups is 1. The number of carbonyl (C=O) groups excluding carboxylic acids is 1. The standard InChI is InChI=1S/C43H74O9P8/c1-22-7-8-29-18-25(4)33(45-29)11-9-30-17-24(3)26(5)36(46-30)21-37-32(27(6)35(48-37)15-23(2)13-14-58-53)20-28(44)19-31-10-12-34-39(47-31)43(52-60(56)57)42-41(49-34)40(51-59(54)55)38(16-22)50-42/h23-24,27,29-43,58H,1,4-5,7-21,53-57H2,2-3,6H3/t23-,24-,27-,29+,30+,31-,32-,33+,34+,35-,36?,37+,38?,39+,40+,41+,42-,43+/m1/s1. The van der Waals surface area contributed by atoms with Crippen LogP contribution in [0, 0.1) is 23.7 Å². The second-order valence-corrected chi connectivity index (χ2v) is 32.8. The molecule has 0 N–H and O–H groups in total. The fraction of sp³-hybridized carbons (Fsp3) is 0.837. The summed E-state index contributed by atoms with van der Waals surface area (Å²) in [6.45, 7) is 20.5. The molecule has 7 aliphatic rings. The van der Waals surface area contributed by atoms with Gasteiger partial charge in [0.25, 0.3) is 0 Å². The molecule has 0 aromatic heterocycles. The molecule has 9 nitrogen and oxygen atoms in total. The zero-order valence-electron chi connectivity index (χ0n) is 36.1. The molecule has 0 amide bonds. The van der Waals surface area contributed by atoms with Crippen molar-refractivity contribution >= 4 is 73.7 Å². The fourth-order valence-electron chi connectivity index (χ4n) is 11.2. The largest absolute Gasteiger partial charge is 0.374 e. The Morgan fingerprint density at radius 3 is 2.17 bits per heavy atom. The van der Waals surface area contributed by atoms with Gasteiger partial charge in [-0.3, -0.25) is 4.79 Å². The van der Waals surface area contributed by atoms with E-state index >= 15 is 0 Å². The molecule has 8 unspecified atom stereocenters. The molecule has 340 valence electrons. The van der Waals surface area contributed by atoms with Crippen LogP contribution in [0.3, 0.4) is 0 Å². The third-order valence-electron chi connectivity index (χ3n) is 14.6. The molecule has 0 aromatic rings. The van der Waals surface area contributed by atoms with Gasteiger partial charge in [0.2, 0.25) is 0 Å². The van der Waals surface area contributed by atoms with Crippen molar-refractivity contribution in [1.82, 2.24) is 0 Å². The predicted octanol–water partition coefficient (Wildman–Crippen LogP) is 11.0. The van der Waals surface area contributed by atoms with Gasteiger partial charge < -0.3 is 37.5 Å². The highest BCUT2D eigenvalue weighted by atomic mass is 32.4. The first kappa shape index (κ1) is 49.9. The van der Waals surface area contributed by atoms with E-state index in [9.17, 15) is 4.79 Å². The summed E-state index contributed by atoms with van der Waals surface area (Å²) in [6, 6.07) is 0. The van der Waals surface area contributed by atoms with Gasteiger partial charge in [0, 0.05) is 19.3 Å². The Bertz CT molecular complexity index is 1510. The van der Waals surface area contributed by atoms with Gasteiger partial charge in [0.1, 0.15) is 36.3 Å². The minimum atomic E-state index is -0.901. The third-order valence-corrected chi connectivity index (χ3v) is 18.4. The predicted molar refractivity (Wildman–Crippen MR) is 265 cm³/mol. The molecule has 0 aliphatic carbocycles. The summed E-state index contributed by atoms with van der Waals surface area (Å²) < 4.78 is 54.8. The van der Waals surface area contributed by atoms with Gasteiger partial charge in [-0.25, -0.2) is 0 Å². The van der Waals surface area contributed by atoms with Crippen LogP contribution >= 0.6 is 68.0 Å². The number of ether oxygens (including phenoxy) is 6. The summed E-state index contributed by atoms with van der Waals surface area (Å²) in [6.07, 6.45) is 10.5. The van der Waals surface area contributed by atoms with Crippen molar-refractivity contribution in [3.05, 3.63) is 36.5 Å². The monoisotopic (exact) mass is 982 g/mol. The van der Waals surface area contributed by atoms with Crippen molar-refractivity contribution < 1.29 is 42.3 Å². The van der Waals surface area contributed by atoms with E-state index in [-0.39, 0.29) is 103 Å². The average Bonchev–Trinajstić information content (AvgIpc) is 3.81. The lowest BCUT2D eigenvalue weighted by Gasteiger charge is -2.48. The summed E-state index contributed by atoms with van der Waals surface area (Å²) in [4.78, 5) is 14.3. The van der Waals surface area contributed by atoms with Gasteiger partial charge in [-0.15, -0.1) is 17.2 Å². The van der Waals surface area contributed by atoms with Crippen LogP contribution in [0.1, 0.15) is 111 Å². The van der Waals surface area contributed by atoms with Crippen molar-refractivity contribution in [2.45, 2.75) is 196 Å². The van der Waals surface area contributed by atoms with Crippen LogP contribution in [-0.2, 0) is 42.3 Å². The Hall–Kier alpha value is 2.01. The Morgan fingerprint density at radius 2 is 1.42 bits per heavy atom. The number of ketones is 1. The molecule has 0 radical (unpaired) electrons. The summed E-state index contributed by atoms with van der Waals surface area (Å²) in [5, 5.41) is 0. The van der Waals surface area contributed by atoms with Crippen LogP contribution < -0.4 is 0 Å². The second-order valence-electron chi connectivity index (χ2n) is 19.1. The van der Waals surface area contributed by atoms with Crippen LogP contribution in [0.25, 0.3) is 0 Å². The molecule has 7 aliphatic heterocycles. The van der Waals surface area contributed by atoms with Crippen LogP contribution in [0.5, 0.6) is 0 Å². The van der Waals surface area contributed by atoms with E-state index in [1.807, 2.05) is 0 Å². The molecule has 7 fully saturated rings. The summed E-state index contributed by atoms with van der Waals surface area (Å²) in [5.41, 5.74) is 3.45. The molecule has 0 spiro atoms. The SMILES string of the molecule is C=C1CC[C@H]2CC(=C)[C@H](CC[C@H]3C[C@@H](C)C(=C)C(C[C@@H]4O[C@H](C[C@H](C)CCPP)[C@H](C)[C@H]4CC(=O)C[C@H]4CC[C@@H]5O[C@@H]6[C@@H](OC(C1)[C@@H]6OP(P)P)[C@@H](OP(P)P)[C@H]5O4)O3)O2. The smallest absolute Gasteiger partial charge is 0.135 e. The van der Waals surface area contributed by atoms with Crippen molar-refractivity contribution in [3.8, 4) is 0 Å². The first-order valence-corrected chi connectivity index (χ1v) is 34.5. The van der Waals surface area contributed by atoms with Gasteiger partial charge in [-0.1, -0.05) is 81.8 Å². The highest BCUT2D eigenvalue weighted by molar-refractivity contribution is 8.41. The van der Waals surface area contributed by atoms with Crippen LogP contribution in [0.4, 0.5) is 0 Å². The normalized spacial score (nSPS) is 43.9. The fourth-order valence-corrected chi connectivity index (χ4v) is 15.1. The van der Waals surface area contributed by atoms with Crippen LogP contribution in [-0.4, -0.2) is 97.4 Å². The molecule has 8 bridgehead atoms. The molecular weight excluding hydrogens is 908 g/mol. The van der Waals surface area contributed by atoms with Gasteiger partial charge in [0.05, 0.1) is 70.0 Å². The molecule has 17 heteroatoms. The highest BCUT2D eigenvalue weighted by Gasteiger charge is 2.59. The maximum Gasteiger partial charge on any atom is 0.135 e. The molecule has 7 saturated heterocycles. The topological polar surface area (TPSA) is 90.9 Å².